The number of hydrogen-bond donors (Lipinski definition) is 1. The zero-order valence-electron chi connectivity index (χ0n) is 11.1. The molecule has 0 heterocycles. The Labute approximate surface area is 113 Å². The van der Waals surface area contributed by atoms with Crippen molar-refractivity contribution in [3.8, 4) is 0 Å². The molecule has 100 valence electrons. The average Bonchev–Trinajstić information content (AvgIpc) is 2.39. The number of rotatable bonds is 8. The van der Waals surface area contributed by atoms with Gasteiger partial charge in [0.05, 0.1) is 12.2 Å². The smallest absolute Gasteiger partial charge is 0.338 e. The van der Waals surface area contributed by atoms with Crippen LogP contribution in [0.25, 0.3) is 0 Å². The summed E-state index contributed by atoms with van der Waals surface area (Å²) in [4.78, 5) is 11.4. The molecule has 0 bridgehead atoms. The molecule has 0 saturated carbocycles. The summed E-state index contributed by atoms with van der Waals surface area (Å²) >= 11 is 1.95. The molecule has 18 heavy (non-hydrogen) atoms. The number of anilines is 1. The van der Waals surface area contributed by atoms with Gasteiger partial charge in [-0.25, -0.2) is 4.79 Å². The summed E-state index contributed by atoms with van der Waals surface area (Å²) in [5, 5.41) is 3.34. The lowest BCUT2D eigenvalue weighted by molar-refractivity contribution is 0.0526. The SMILES string of the molecule is CCOC(=O)c1ccc(NCCCSCC)cc1. The van der Waals surface area contributed by atoms with Crippen molar-refractivity contribution in [3.63, 3.8) is 0 Å². The molecule has 4 heteroatoms. The molecule has 0 aliphatic rings. The van der Waals surface area contributed by atoms with Gasteiger partial charge < -0.3 is 10.1 Å². The van der Waals surface area contributed by atoms with Crippen LogP contribution in [0.2, 0.25) is 0 Å². The van der Waals surface area contributed by atoms with E-state index in [2.05, 4.69) is 12.2 Å². The van der Waals surface area contributed by atoms with Gasteiger partial charge in [-0.1, -0.05) is 6.92 Å². The summed E-state index contributed by atoms with van der Waals surface area (Å²) in [6.07, 6.45) is 1.15. The Kier molecular flexibility index (Phi) is 7.34. The van der Waals surface area contributed by atoms with Crippen LogP contribution < -0.4 is 5.32 Å². The molecule has 1 rings (SSSR count). The van der Waals surface area contributed by atoms with Crippen LogP contribution in [-0.4, -0.2) is 30.6 Å². The van der Waals surface area contributed by atoms with Crippen LogP contribution in [0.3, 0.4) is 0 Å². The minimum absolute atomic E-state index is 0.261. The third-order valence-electron chi connectivity index (χ3n) is 2.39. The molecular formula is C14H21NO2S. The summed E-state index contributed by atoms with van der Waals surface area (Å²) in [5.74, 6) is 2.10. The lowest BCUT2D eigenvalue weighted by Gasteiger charge is -2.07. The van der Waals surface area contributed by atoms with Crippen molar-refractivity contribution in [1.29, 1.82) is 0 Å². The Bertz CT molecular complexity index is 351. The molecule has 0 unspecified atom stereocenters. The van der Waals surface area contributed by atoms with Crippen molar-refractivity contribution < 1.29 is 9.53 Å². The second-order valence-electron chi connectivity index (χ2n) is 3.78. The number of carbonyl (C=O) groups excluding carboxylic acids is 1. The Morgan fingerprint density at radius 1 is 1.28 bits per heavy atom. The number of hydrogen-bond acceptors (Lipinski definition) is 4. The highest BCUT2D eigenvalue weighted by atomic mass is 32.2. The summed E-state index contributed by atoms with van der Waals surface area (Å²) in [7, 11) is 0. The second-order valence-corrected chi connectivity index (χ2v) is 5.17. The van der Waals surface area contributed by atoms with Gasteiger partial charge in [-0.3, -0.25) is 0 Å². The number of nitrogens with one attached hydrogen (secondary N) is 1. The zero-order chi connectivity index (χ0) is 13.2. The first-order valence-electron chi connectivity index (χ1n) is 6.36. The fraction of sp³-hybridized carbons (Fsp3) is 0.500. The molecule has 3 nitrogen and oxygen atoms in total. The lowest BCUT2D eigenvalue weighted by Crippen LogP contribution is -2.06. The standard InChI is InChI=1S/C14H21NO2S/c1-3-17-14(16)12-6-8-13(9-7-12)15-10-5-11-18-4-2/h6-9,15H,3-5,10-11H2,1-2H3. The monoisotopic (exact) mass is 267 g/mol. The summed E-state index contributed by atoms with van der Waals surface area (Å²) in [5.41, 5.74) is 1.65. The van der Waals surface area contributed by atoms with Gasteiger partial charge in [-0.05, 0) is 49.1 Å². The van der Waals surface area contributed by atoms with E-state index in [1.165, 1.54) is 11.5 Å². The van der Waals surface area contributed by atoms with Crippen LogP contribution in [0, 0.1) is 0 Å². The molecule has 0 radical (unpaired) electrons. The number of carbonyl (C=O) groups is 1. The second kappa shape index (κ2) is 8.86. The fourth-order valence-corrected chi connectivity index (χ4v) is 2.13. The van der Waals surface area contributed by atoms with Crippen molar-refractivity contribution >= 4 is 23.4 Å². The van der Waals surface area contributed by atoms with Gasteiger partial charge in [0.1, 0.15) is 0 Å². The van der Waals surface area contributed by atoms with E-state index in [0.29, 0.717) is 12.2 Å². The third-order valence-corrected chi connectivity index (χ3v) is 3.38. The van der Waals surface area contributed by atoms with Gasteiger partial charge in [0.25, 0.3) is 0 Å². The molecule has 0 aliphatic carbocycles. The summed E-state index contributed by atoms with van der Waals surface area (Å²) in [6.45, 7) is 5.36. The van der Waals surface area contributed by atoms with E-state index in [9.17, 15) is 4.79 Å². The maximum absolute atomic E-state index is 11.4. The molecule has 1 N–H and O–H groups in total. The van der Waals surface area contributed by atoms with Crippen molar-refractivity contribution in [3.05, 3.63) is 29.8 Å². The van der Waals surface area contributed by atoms with Crippen LogP contribution in [0.15, 0.2) is 24.3 Å². The molecule has 0 aromatic heterocycles. The number of esters is 1. The minimum atomic E-state index is -0.261. The largest absolute Gasteiger partial charge is 0.462 e. The quantitative estimate of drug-likeness (QED) is 0.578. The number of ether oxygens (including phenoxy) is 1. The Balaban J connectivity index is 2.33. The molecule has 0 spiro atoms. The molecule has 0 fully saturated rings. The topological polar surface area (TPSA) is 38.3 Å². The van der Waals surface area contributed by atoms with E-state index in [0.717, 1.165) is 18.7 Å². The maximum Gasteiger partial charge on any atom is 0.338 e. The van der Waals surface area contributed by atoms with Gasteiger partial charge in [-0.2, -0.15) is 11.8 Å². The van der Waals surface area contributed by atoms with Crippen LogP contribution >= 0.6 is 11.8 Å². The van der Waals surface area contributed by atoms with Gasteiger partial charge in [0.15, 0.2) is 0 Å². The Morgan fingerprint density at radius 3 is 2.61 bits per heavy atom. The maximum atomic E-state index is 11.4. The van der Waals surface area contributed by atoms with E-state index in [1.54, 1.807) is 12.1 Å². The molecule has 0 amide bonds. The first kappa shape index (κ1) is 14.9. The van der Waals surface area contributed by atoms with Gasteiger partial charge in [-0.15, -0.1) is 0 Å². The molecule has 1 aromatic carbocycles. The predicted octanol–water partition coefficient (Wildman–Crippen LogP) is 3.42. The minimum Gasteiger partial charge on any atom is -0.462 e. The van der Waals surface area contributed by atoms with Gasteiger partial charge in [0, 0.05) is 12.2 Å². The molecule has 0 saturated heterocycles. The van der Waals surface area contributed by atoms with Crippen LogP contribution in [0.4, 0.5) is 5.69 Å². The highest BCUT2D eigenvalue weighted by molar-refractivity contribution is 7.99. The average molecular weight is 267 g/mol. The van der Waals surface area contributed by atoms with Crippen LogP contribution in [-0.2, 0) is 4.74 Å². The molecule has 1 aromatic rings. The van der Waals surface area contributed by atoms with E-state index in [1.807, 2.05) is 30.8 Å². The zero-order valence-corrected chi connectivity index (χ0v) is 11.9. The van der Waals surface area contributed by atoms with E-state index in [-0.39, 0.29) is 5.97 Å². The van der Waals surface area contributed by atoms with Gasteiger partial charge in [0.2, 0.25) is 0 Å². The first-order chi connectivity index (χ1) is 8.77. The van der Waals surface area contributed by atoms with E-state index >= 15 is 0 Å². The van der Waals surface area contributed by atoms with Crippen molar-refractivity contribution in [2.24, 2.45) is 0 Å². The first-order valence-corrected chi connectivity index (χ1v) is 7.52. The van der Waals surface area contributed by atoms with Crippen LogP contribution in [0.5, 0.6) is 0 Å². The van der Waals surface area contributed by atoms with Gasteiger partial charge >= 0.3 is 5.97 Å². The van der Waals surface area contributed by atoms with Crippen molar-refractivity contribution in [2.75, 3.05) is 30.0 Å². The number of benzene rings is 1. The normalized spacial score (nSPS) is 10.1. The predicted molar refractivity (Wildman–Crippen MR) is 78.5 cm³/mol. The van der Waals surface area contributed by atoms with Crippen molar-refractivity contribution in [1.82, 2.24) is 0 Å². The van der Waals surface area contributed by atoms with E-state index < -0.39 is 0 Å². The highest BCUT2D eigenvalue weighted by Gasteiger charge is 2.04. The summed E-state index contributed by atoms with van der Waals surface area (Å²) in [6, 6.07) is 7.42. The lowest BCUT2D eigenvalue weighted by atomic mass is 10.2. The number of thioether (sulfide) groups is 1. The fourth-order valence-electron chi connectivity index (χ4n) is 1.49. The Morgan fingerprint density at radius 2 is 2.00 bits per heavy atom. The summed E-state index contributed by atoms with van der Waals surface area (Å²) < 4.78 is 4.93. The highest BCUT2D eigenvalue weighted by Crippen LogP contribution is 2.11. The molecule has 0 aliphatic heterocycles. The van der Waals surface area contributed by atoms with Crippen molar-refractivity contribution in [2.45, 2.75) is 20.3 Å². The van der Waals surface area contributed by atoms with E-state index in [4.69, 9.17) is 4.74 Å². The Hall–Kier alpha value is -1.16. The third kappa shape index (κ3) is 5.45. The molecule has 0 atom stereocenters. The molecular weight excluding hydrogens is 246 g/mol. The van der Waals surface area contributed by atoms with Crippen LogP contribution in [0.1, 0.15) is 30.6 Å².